The van der Waals surface area contributed by atoms with Gasteiger partial charge in [-0.15, -0.1) is 0 Å². The van der Waals surface area contributed by atoms with E-state index in [2.05, 4.69) is 26.0 Å². The number of ether oxygens (including phenoxy) is 3. The van der Waals surface area contributed by atoms with E-state index < -0.39 is 6.10 Å². The van der Waals surface area contributed by atoms with Crippen molar-refractivity contribution in [3.05, 3.63) is 23.8 Å². The summed E-state index contributed by atoms with van der Waals surface area (Å²) in [6, 6.07) is 0. The first-order chi connectivity index (χ1) is 15.3. The third-order valence-electron chi connectivity index (χ3n) is 6.67. The van der Waals surface area contributed by atoms with Crippen LogP contribution < -0.4 is 0 Å². The second-order valence-electron chi connectivity index (χ2n) is 9.57. The Labute approximate surface area is 193 Å². The molecule has 1 N–H and O–H groups in total. The van der Waals surface area contributed by atoms with E-state index in [9.17, 15) is 14.7 Å². The van der Waals surface area contributed by atoms with E-state index in [0.717, 1.165) is 44.9 Å². The maximum absolute atomic E-state index is 11.7. The second kappa shape index (κ2) is 13.8. The molecule has 1 heterocycles. The maximum Gasteiger partial charge on any atom is 0.305 e. The van der Waals surface area contributed by atoms with Crippen molar-refractivity contribution < 1.29 is 28.9 Å². The number of carbonyl (C=O) groups is 2. The van der Waals surface area contributed by atoms with Gasteiger partial charge in [0, 0.05) is 32.3 Å². The van der Waals surface area contributed by atoms with Crippen molar-refractivity contribution in [1.29, 1.82) is 0 Å². The lowest BCUT2D eigenvalue weighted by Gasteiger charge is -2.22. The molecular formula is C26H42O6. The number of allylic oxidation sites excluding steroid dienone is 2. The number of aliphatic hydroxyl groups excluding tert-OH is 1. The summed E-state index contributed by atoms with van der Waals surface area (Å²) in [7, 11) is 1.42. The number of esters is 2. The van der Waals surface area contributed by atoms with E-state index in [0.29, 0.717) is 25.4 Å². The molecule has 2 rings (SSSR count). The number of fused-ring (bicyclic) bond motifs is 1. The maximum atomic E-state index is 11.7. The molecule has 1 aliphatic carbocycles. The van der Waals surface area contributed by atoms with Gasteiger partial charge >= 0.3 is 11.9 Å². The molecule has 32 heavy (non-hydrogen) atoms. The van der Waals surface area contributed by atoms with Crippen LogP contribution in [0.1, 0.15) is 78.6 Å². The monoisotopic (exact) mass is 450 g/mol. The highest BCUT2D eigenvalue weighted by atomic mass is 16.5. The summed E-state index contributed by atoms with van der Waals surface area (Å²) in [5, 5.41) is 10.4. The zero-order valence-corrected chi connectivity index (χ0v) is 20.3. The van der Waals surface area contributed by atoms with Gasteiger partial charge in [-0.05, 0) is 70.6 Å². The van der Waals surface area contributed by atoms with E-state index in [-0.39, 0.29) is 36.0 Å². The highest BCUT2D eigenvalue weighted by Gasteiger charge is 2.45. The van der Waals surface area contributed by atoms with E-state index >= 15 is 0 Å². The Bertz CT molecular complexity index is 651. The van der Waals surface area contributed by atoms with E-state index in [1.807, 2.05) is 6.08 Å². The fraction of sp³-hybridized carbons (Fsp3) is 0.769. The lowest BCUT2D eigenvalue weighted by atomic mass is 9.86. The van der Waals surface area contributed by atoms with Gasteiger partial charge in [-0.25, -0.2) is 0 Å². The Morgan fingerprint density at radius 2 is 1.97 bits per heavy atom. The lowest BCUT2D eigenvalue weighted by molar-refractivity contribution is -0.148. The zero-order valence-electron chi connectivity index (χ0n) is 20.3. The molecule has 6 nitrogen and oxygen atoms in total. The van der Waals surface area contributed by atoms with Gasteiger partial charge in [-0.2, -0.15) is 0 Å². The van der Waals surface area contributed by atoms with Crippen LogP contribution in [0.25, 0.3) is 0 Å². The minimum atomic E-state index is -0.490. The van der Waals surface area contributed by atoms with Crippen molar-refractivity contribution in [3.63, 3.8) is 0 Å². The van der Waals surface area contributed by atoms with Crippen LogP contribution in [0.3, 0.4) is 0 Å². The molecule has 6 heteroatoms. The molecule has 6 atom stereocenters. The quantitative estimate of drug-likeness (QED) is 0.278. The summed E-state index contributed by atoms with van der Waals surface area (Å²) in [4.78, 5) is 23.0. The molecule has 2 aliphatic rings. The third kappa shape index (κ3) is 9.07. The van der Waals surface area contributed by atoms with Crippen LogP contribution in [0.5, 0.6) is 0 Å². The normalized spacial score (nSPS) is 28.6. The van der Waals surface area contributed by atoms with Gasteiger partial charge in [0.1, 0.15) is 6.10 Å². The molecule has 0 amide bonds. The molecule has 0 aromatic carbocycles. The predicted molar refractivity (Wildman–Crippen MR) is 124 cm³/mol. The van der Waals surface area contributed by atoms with Gasteiger partial charge < -0.3 is 19.3 Å². The Morgan fingerprint density at radius 1 is 1.19 bits per heavy atom. The highest BCUT2D eigenvalue weighted by Crippen LogP contribution is 2.43. The molecule has 0 spiro atoms. The Balaban J connectivity index is 1.93. The summed E-state index contributed by atoms with van der Waals surface area (Å²) in [5.41, 5.74) is 1.30. The zero-order chi connectivity index (χ0) is 23.5. The number of hydrogen-bond donors (Lipinski definition) is 1. The molecule has 182 valence electrons. The van der Waals surface area contributed by atoms with E-state index in [1.165, 1.54) is 19.6 Å². The van der Waals surface area contributed by atoms with Crippen LogP contribution >= 0.6 is 0 Å². The lowest BCUT2D eigenvalue weighted by Crippen LogP contribution is -2.24. The van der Waals surface area contributed by atoms with Crippen molar-refractivity contribution >= 4 is 11.9 Å². The Hall–Kier alpha value is -1.66. The van der Waals surface area contributed by atoms with E-state index in [4.69, 9.17) is 14.2 Å². The Kier molecular flexibility index (Phi) is 11.5. The molecule has 1 unspecified atom stereocenters. The largest absolute Gasteiger partial charge is 0.469 e. The molecule has 0 bridgehead atoms. The minimum Gasteiger partial charge on any atom is -0.469 e. The van der Waals surface area contributed by atoms with Gasteiger partial charge in [-0.3, -0.25) is 9.59 Å². The standard InChI is InChI=1S/C26H42O6/c1-18(2)8-5-6-10-21(28)13-15-23-22-14-12-20(9-7-11-26(29)30-4)17-31-24(22)16-25(23)32-19(3)27/h8,13,15,20-25,28H,5-7,9-12,14,16-17H2,1-4H3/b15-13+/t20-,21?,22+,23+,24-,25+/m0/s1. The smallest absolute Gasteiger partial charge is 0.305 e. The topological polar surface area (TPSA) is 82.1 Å². The van der Waals surface area contributed by atoms with Gasteiger partial charge in [0.2, 0.25) is 0 Å². The number of methoxy groups -OCH3 is 1. The molecule has 1 saturated heterocycles. The number of unbranched alkanes of at least 4 members (excludes halogenated alkanes) is 1. The molecule has 2 fully saturated rings. The fourth-order valence-corrected chi connectivity index (χ4v) is 4.97. The molecule has 0 aromatic rings. The summed E-state index contributed by atoms with van der Waals surface area (Å²) in [5.74, 6) is 0.338. The molecule has 1 saturated carbocycles. The van der Waals surface area contributed by atoms with Crippen LogP contribution in [-0.2, 0) is 23.8 Å². The summed E-state index contributed by atoms with van der Waals surface area (Å²) in [6.07, 6.45) is 13.1. The average molecular weight is 451 g/mol. The van der Waals surface area contributed by atoms with Gasteiger partial charge in [-0.1, -0.05) is 23.8 Å². The number of hydrogen-bond acceptors (Lipinski definition) is 6. The van der Waals surface area contributed by atoms with Crippen molar-refractivity contribution in [1.82, 2.24) is 0 Å². The Morgan fingerprint density at radius 3 is 2.66 bits per heavy atom. The summed E-state index contributed by atoms with van der Waals surface area (Å²) >= 11 is 0. The number of rotatable bonds is 11. The predicted octanol–water partition coefficient (Wildman–Crippen LogP) is 4.75. The van der Waals surface area contributed by atoms with Crippen molar-refractivity contribution in [2.24, 2.45) is 17.8 Å². The van der Waals surface area contributed by atoms with Crippen LogP contribution in [-0.4, -0.2) is 49.1 Å². The fourth-order valence-electron chi connectivity index (χ4n) is 4.97. The second-order valence-corrected chi connectivity index (χ2v) is 9.57. The van der Waals surface area contributed by atoms with Crippen molar-refractivity contribution in [2.45, 2.75) is 96.9 Å². The number of carbonyl (C=O) groups excluding carboxylic acids is 2. The van der Waals surface area contributed by atoms with Crippen LogP contribution in [0.4, 0.5) is 0 Å². The van der Waals surface area contributed by atoms with Crippen LogP contribution in [0, 0.1) is 17.8 Å². The summed E-state index contributed by atoms with van der Waals surface area (Å²) < 4.78 is 16.6. The molecule has 0 radical (unpaired) electrons. The average Bonchev–Trinajstić information content (AvgIpc) is 2.92. The third-order valence-corrected chi connectivity index (χ3v) is 6.67. The van der Waals surface area contributed by atoms with Gasteiger partial charge in [0.15, 0.2) is 0 Å². The van der Waals surface area contributed by atoms with Crippen LogP contribution in [0.2, 0.25) is 0 Å². The minimum absolute atomic E-state index is 0.0603. The molecule has 1 aliphatic heterocycles. The molecule has 0 aromatic heterocycles. The van der Waals surface area contributed by atoms with Gasteiger partial charge in [0.25, 0.3) is 0 Å². The van der Waals surface area contributed by atoms with Crippen molar-refractivity contribution in [3.8, 4) is 0 Å². The first-order valence-corrected chi connectivity index (χ1v) is 12.2. The SMILES string of the molecule is COC(=O)CCC[C@H]1CC[C@@H]2[C@@H](/C=C/C(O)CCCC=C(C)C)[C@H](OC(C)=O)C[C@@H]2OC1. The molecular weight excluding hydrogens is 408 g/mol. The van der Waals surface area contributed by atoms with Crippen LogP contribution in [0.15, 0.2) is 23.8 Å². The summed E-state index contributed by atoms with van der Waals surface area (Å²) in [6.45, 7) is 6.30. The number of aliphatic hydroxyl groups is 1. The van der Waals surface area contributed by atoms with E-state index in [1.54, 1.807) is 0 Å². The first-order valence-electron chi connectivity index (χ1n) is 12.2. The van der Waals surface area contributed by atoms with Gasteiger partial charge in [0.05, 0.1) is 19.3 Å². The highest BCUT2D eigenvalue weighted by molar-refractivity contribution is 5.69. The first kappa shape index (κ1) is 26.6. The van der Waals surface area contributed by atoms with Crippen molar-refractivity contribution in [2.75, 3.05) is 13.7 Å².